The maximum atomic E-state index is 10.8. The van der Waals surface area contributed by atoms with Crippen molar-refractivity contribution in [1.29, 1.82) is 0 Å². The van der Waals surface area contributed by atoms with Crippen molar-refractivity contribution >= 4 is 17.7 Å². The molecule has 4 aromatic rings. The van der Waals surface area contributed by atoms with Gasteiger partial charge >= 0.3 is 5.97 Å². The number of benzene rings is 3. The van der Waals surface area contributed by atoms with Gasteiger partial charge in [-0.1, -0.05) is 35.5 Å². The van der Waals surface area contributed by atoms with Crippen LogP contribution in [-0.4, -0.2) is 34.3 Å². The summed E-state index contributed by atoms with van der Waals surface area (Å²) in [6.45, 7) is 1.33. The van der Waals surface area contributed by atoms with Gasteiger partial charge in [0.15, 0.2) is 0 Å². The molecule has 2 heterocycles. The molecule has 0 saturated carbocycles. The largest absolute Gasteiger partial charge is 0.493 e. The van der Waals surface area contributed by atoms with Crippen LogP contribution in [0.3, 0.4) is 0 Å². The first-order valence-corrected chi connectivity index (χ1v) is 15.5. The predicted octanol–water partition coefficient (Wildman–Crippen LogP) is 7.64. The Hall–Kier alpha value is -3.71. The topological polar surface area (TPSA) is 81.8 Å². The lowest BCUT2D eigenvalue weighted by Crippen LogP contribution is -2.17. The van der Waals surface area contributed by atoms with Crippen molar-refractivity contribution in [2.45, 2.75) is 51.6 Å². The first-order chi connectivity index (χ1) is 20.1. The number of aryl methyl sites for hydroxylation is 3. The summed E-state index contributed by atoms with van der Waals surface area (Å²) in [6, 6.07) is 22.8. The fraction of sp³-hybridized carbons (Fsp3) is 0.353. The number of rotatable bonds is 9. The van der Waals surface area contributed by atoms with Crippen molar-refractivity contribution in [3.63, 3.8) is 0 Å². The van der Waals surface area contributed by atoms with Crippen LogP contribution in [0.25, 0.3) is 11.1 Å². The van der Waals surface area contributed by atoms with Crippen LogP contribution in [0.2, 0.25) is 0 Å². The second-order valence-electron chi connectivity index (χ2n) is 10.5. The monoisotopic (exact) mass is 571 g/mol. The number of ether oxygens (including phenoxy) is 2. The van der Waals surface area contributed by atoms with Gasteiger partial charge in [-0.3, -0.25) is 4.79 Å². The molecule has 0 amide bonds. The summed E-state index contributed by atoms with van der Waals surface area (Å²) in [5.74, 6) is 4.24. The van der Waals surface area contributed by atoms with Gasteiger partial charge in [-0.25, -0.2) is 0 Å². The Balaban J connectivity index is 0.000000610. The molecule has 214 valence electrons. The van der Waals surface area contributed by atoms with Gasteiger partial charge in [-0.05, 0) is 126 Å². The number of hydrogen-bond acceptors (Lipinski definition) is 6. The van der Waals surface area contributed by atoms with Crippen LogP contribution in [0, 0.1) is 5.92 Å². The minimum absolute atomic E-state index is 0.143. The summed E-state index contributed by atoms with van der Waals surface area (Å²) in [5, 5.41) is 12.2. The molecular formula is C34H37NO5S. The summed E-state index contributed by atoms with van der Waals surface area (Å²) in [5.41, 5.74) is 7.55. The van der Waals surface area contributed by atoms with Crippen molar-refractivity contribution in [3.05, 3.63) is 101 Å². The lowest BCUT2D eigenvalue weighted by Gasteiger charge is -2.22. The van der Waals surface area contributed by atoms with Crippen molar-refractivity contribution in [1.82, 2.24) is 5.16 Å². The van der Waals surface area contributed by atoms with E-state index < -0.39 is 5.97 Å². The van der Waals surface area contributed by atoms with Crippen molar-refractivity contribution < 1.29 is 23.9 Å². The van der Waals surface area contributed by atoms with E-state index in [1.165, 1.54) is 52.9 Å². The second kappa shape index (κ2) is 14.8. The zero-order chi connectivity index (χ0) is 28.3. The molecule has 0 atom stereocenters. The zero-order valence-electron chi connectivity index (χ0n) is 23.3. The fourth-order valence-electron chi connectivity index (χ4n) is 5.25. The molecular weight excluding hydrogens is 534 g/mol. The predicted molar refractivity (Wildman–Crippen MR) is 163 cm³/mol. The number of hydrogen-bond donors (Lipinski definition) is 1. The van der Waals surface area contributed by atoms with Crippen molar-refractivity contribution in [3.8, 4) is 22.6 Å². The third-order valence-corrected chi connectivity index (χ3v) is 8.61. The summed E-state index contributed by atoms with van der Waals surface area (Å²) in [6.07, 6.45) is 9.61. The Labute approximate surface area is 246 Å². The van der Waals surface area contributed by atoms with Gasteiger partial charge in [0.25, 0.3) is 0 Å². The molecule has 1 aromatic heterocycles. The van der Waals surface area contributed by atoms with Crippen LogP contribution in [0.5, 0.6) is 11.5 Å². The number of aromatic nitrogens is 1. The SMILES string of the molecule is O=C(O)CCc1ccc(OCc2ccc3c(c2)-c2ccc(OCC4CCSCC4)cc2CCC3)cc1.c1cnoc1. The van der Waals surface area contributed by atoms with Crippen LogP contribution >= 0.6 is 11.8 Å². The Bertz CT molecular complexity index is 1360. The van der Waals surface area contributed by atoms with E-state index in [9.17, 15) is 4.79 Å². The molecule has 3 aromatic carbocycles. The van der Waals surface area contributed by atoms with E-state index in [1.807, 2.05) is 24.3 Å². The minimum Gasteiger partial charge on any atom is -0.493 e. The normalized spacial score (nSPS) is 14.5. The molecule has 1 N–H and O–H groups in total. The Morgan fingerprint density at radius 3 is 2.41 bits per heavy atom. The van der Waals surface area contributed by atoms with Gasteiger partial charge in [0.1, 0.15) is 24.4 Å². The molecule has 0 radical (unpaired) electrons. The highest BCUT2D eigenvalue weighted by molar-refractivity contribution is 7.99. The maximum absolute atomic E-state index is 10.8. The number of nitrogens with zero attached hydrogens (tertiary/aromatic N) is 1. The molecule has 6 rings (SSSR count). The van der Waals surface area contributed by atoms with Gasteiger partial charge in [0.2, 0.25) is 0 Å². The highest BCUT2D eigenvalue weighted by atomic mass is 32.2. The maximum Gasteiger partial charge on any atom is 0.303 e. The van der Waals surface area contributed by atoms with Crippen LogP contribution in [-0.2, 0) is 30.7 Å². The first-order valence-electron chi connectivity index (χ1n) is 14.4. The molecule has 7 heteroatoms. The van der Waals surface area contributed by atoms with E-state index in [4.69, 9.17) is 14.6 Å². The number of carboxylic acids is 1. The summed E-state index contributed by atoms with van der Waals surface area (Å²) < 4.78 is 16.6. The van der Waals surface area contributed by atoms with E-state index >= 15 is 0 Å². The zero-order valence-corrected chi connectivity index (χ0v) is 24.1. The number of carbonyl (C=O) groups is 1. The Morgan fingerprint density at radius 1 is 0.902 bits per heavy atom. The van der Waals surface area contributed by atoms with Crippen molar-refractivity contribution in [2.24, 2.45) is 5.92 Å². The number of thioether (sulfide) groups is 1. The number of aliphatic carboxylic acids is 1. The van der Waals surface area contributed by atoms with Gasteiger partial charge < -0.3 is 19.1 Å². The molecule has 41 heavy (non-hydrogen) atoms. The third-order valence-electron chi connectivity index (χ3n) is 7.56. The smallest absolute Gasteiger partial charge is 0.303 e. The molecule has 1 fully saturated rings. The highest BCUT2D eigenvalue weighted by Gasteiger charge is 2.18. The minimum atomic E-state index is -0.775. The summed E-state index contributed by atoms with van der Waals surface area (Å²) in [7, 11) is 0. The fourth-order valence-corrected chi connectivity index (χ4v) is 6.46. The molecule has 0 unspecified atom stereocenters. The van der Waals surface area contributed by atoms with Crippen molar-refractivity contribution in [2.75, 3.05) is 18.1 Å². The average Bonchev–Trinajstić information content (AvgIpc) is 3.55. The van der Waals surface area contributed by atoms with Crippen LogP contribution in [0.1, 0.15) is 47.9 Å². The molecule has 0 spiro atoms. The highest BCUT2D eigenvalue weighted by Crippen LogP contribution is 2.36. The van der Waals surface area contributed by atoms with E-state index in [0.717, 1.165) is 48.5 Å². The third kappa shape index (κ3) is 8.64. The Morgan fingerprint density at radius 2 is 1.68 bits per heavy atom. The van der Waals surface area contributed by atoms with Gasteiger partial charge in [0.05, 0.1) is 12.8 Å². The molecule has 1 aliphatic carbocycles. The molecule has 0 bridgehead atoms. The average molecular weight is 572 g/mol. The molecule has 6 nitrogen and oxygen atoms in total. The number of fused-ring (bicyclic) bond motifs is 3. The summed E-state index contributed by atoms with van der Waals surface area (Å²) in [4.78, 5) is 10.8. The van der Waals surface area contributed by atoms with Crippen LogP contribution < -0.4 is 9.47 Å². The molecule has 1 aliphatic heterocycles. The second-order valence-corrected chi connectivity index (χ2v) is 11.8. The molecule has 2 aliphatic rings. The standard InChI is InChI=1S/C31H34O4S.C3H3NO/c32-31(33)13-7-22-5-9-27(10-6-22)34-21-24-4-8-25-2-1-3-26-19-28(11-12-29(26)30(25)18-24)35-20-23-14-16-36-17-15-23;1-2-4-5-3-1/h4-6,8-12,18-19,23H,1-3,7,13-17,20-21H2,(H,32,33);1-3H. The van der Waals surface area contributed by atoms with E-state index in [2.05, 4.69) is 57.8 Å². The summed E-state index contributed by atoms with van der Waals surface area (Å²) >= 11 is 2.06. The van der Waals surface area contributed by atoms with E-state index in [0.29, 0.717) is 18.9 Å². The first kappa shape index (κ1) is 28.8. The quantitative estimate of drug-likeness (QED) is 0.221. The lowest BCUT2D eigenvalue weighted by molar-refractivity contribution is -0.136. The van der Waals surface area contributed by atoms with Crippen LogP contribution in [0.4, 0.5) is 0 Å². The lowest BCUT2D eigenvalue weighted by atomic mass is 9.95. The van der Waals surface area contributed by atoms with Gasteiger partial charge in [-0.2, -0.15) is 11.8 Å². The number of carboxylic acid groups (broad SMARTS) is 1. The molecule has 1 saturated heterocycles. The van der Waals surface area contributed by atoms with E-state index in [-0.39, 0.29) is 6.42 Å². The van der Waals surface area contributed by atoms with Gasteiger partial charge in [-0.15, -0.1) is 0 Å². The van der Waals surface area contributed by atoms with E-state index in [1.54, 1.807) is 12.3 Å². The van der Waals surface area contributed by atoms with Crippen LogP contribution in [0.15, 0.2) is 83.7 Å². The van der Waals surface area contributed by atoms with Gasteiger partial charge in [0, 0.05) is 6.42 Å². The Kier molecular flexibility index (Phi) is 10.4.